The Morgan fingerprint density at radius 1 is 1.21 bits per heavy atom. The van der Waals surface area contributed by atoms with Gasteiger partial charge in [-0.15, -0.1) is 5.10 Å². The SMILES string of the molecule is COc1ccc(C(=O)N2CCCC(OCc3cn(-c4ccc(S(C)(=O)=O)cc4)nn3)C2)cc1F. The maximum atomic E-state index is 14.0. The topological polar surface area (TPSA) is 104 Å². The predicted molar refractivity (Wildman–Crippen MR) is 121 cm³/mol. The first kappa shape index (κ1) is 23.8. The van der Waals surface area contributed by atoms with E-state index in [1.165, 1.54) is 31.4 Å². The molecule has 180 valence electrons. The number of hydrogen-bond acceptors (Lipinski definition) is 7. The number of piperidine rings is 1. The first-order chi connectivity index (χ1) is 16.2. The van der Waals surface area contributed by atoms with Crippen LogP contribution in [0, 0.1) is 5.82 Å². The third-order valence-electron chi connectivity index (χ3n) is 5.60. The number of rotatable bonds is 7. The Morgan fingerprint density at radius 3 is 2.65 bits per heavy atom. The first-order valence-electron chi connectivity index (χ1n) is 10.7. The van der Waals surface area contributed by atoms with Crippen molar-refractivity contribution in [1.29, 1.82) is 0 Å². The summed E-state index contributed by atoms with van der Waals surface area (Å²) in [4.78, 5) is 14.7. The molecule has 0 bridgehead atoms. The zero-order valence-electron chi connectivity index (χ0n) is 18.8. The Labute approximate surface area is 197 Å². The number of carbonyl (C=O) groups is 1. The number of benzene rings is 2. The summed E-state index contributed by atoms with van der Waals surface area (Å²) in [7, 11) is -1.89. The van der Waals surface area contributed by atoms with Crippen molar-refractivity contribution < 1.29 is 27.1 Å². The second-order valence-corrected chi connectivity index (χ2v) is 10.1. The molecule has 0 aliphatic carbocycles. The third-order valence-corrected chi connectivity index (χ3v) is 6.73. The summed E-state index contributed by atoms with van der Waals surface area (Å²) in [6.07, 6.45) is 4.25. The third kappa shape index (κ3) is 5.42. The first-order valence-corrected chi connectivity index (χ1v) is 12.6. The minimum absolute atomic E-state index is 0.0933. The van der Waals surface area contributed by atoms with E-state index in [1.807, 2.05) is 0 Å². The highest BCUT2D eigenvalue weighted by Gasteiger charge is 2.26. The smallest absolute Gasteiger partial charge is 0.254 e. The van der Waals surface area contributed by atoms with Crippen molar-refractivity contribution in [2.75, 3.05) is 26.5 Å². The normalized spacial score (nSPS) is 16.4. The lowest BCUT2D eigenvalue weighted by atomic mass is 10.1. The molecule has 34 heavy (non-hydrogen) atoms. The van der Waals surface area contributed by atoms with Crippen LogP contribution in [-0.2, 0) is 21.2 Å². The Bertz CT molecular complexity index is 1280. The van der Waals surface area contributed by atoms with Gasteiger partial charge in [0.25, 0.3) is 5.91 Å². The summed E-state index contributed by atoms with van der Waals surface area (Å²) in [6, 6.07) is 10.5. The molecule has 11 heteroatoms. The Balaban J connectivity index is 1.35. The van der Waals surface area contributed by atoms with Gasteiger partial charge in [0.2, 0.25) is 0 Å². The highest BCUT2D eigenvalue weighted by molar-refractivity contribution is 7.90. The molecule has 1 fully saturated rings. The predicted octanol–water partition coefficient (Wildman–Crippen LogP) is 2.64. The Kier molecular flexibility index (Phi) is 6.94. The maximum Gasteiger partial charge on any atom is 0.254 e. The van der Waals surface area contributed by atoms with Gasteiger partial charge in [-0.25, -0.2) is 17.5 Å². The minimum atomic E-state index is -3.27. The summed E-state index contributed by atoms with van der Waals surface area (Å²) in [5.74, 6) is -0.735. The van der Waals surface area contributed by atoms with Gasteiger partial charge < -0.3 is 14.4 Å². The van der Waals surface area contributed by atoms with E-state index >= 15 is 0 Å². The fraction of sp³-hybridized carbons (Fsp3) is 0.348. The number of amides is 1. The molecule has 1 saturated heterocycles. The molecule has 4 rings (SSSR count). The molecule has 1 aliphatic rings. The highest BCUT2D eigenvalue weighted by Crippen LogP contribution is 2.21. The van der Waals surface area contributed by atoms with Crippen LogP contribution in [0.5, 0.6) is 5.75 Å². The standard InChI is InChI=1S/C23H25FN4O5S/c1-32-22-10-5-16(12-21(22)24)23(29)27-11-3-4-19(14-27)33-15-17-13-28(26-25-17)18-6-8-20(9-7-18)34(2,30)31/h5-10,12-13,19H,3-4,11,14-15H2,1-2H3. The van der Waals surface area contributed by atoms with Gasteiger partial charge >= 0.3 is 0 Å². The molecule has 1 aromatic heterocycles. The van der Waals surface area contributed by atoms with Crippen LogP contribution in [-0.4, -0.2) is 66.8 Å². The van der Waals surface area contributed by atoms with Gasteiger partial charge in [0, 0.05) is 24.9 Å². The van der Waals surface area contributed by atoms with E-state index in [9.17, 15) is 17.6 Å². The summed E-state index contributed by atoms with van der Waals surface area (Å²) >= 11 is 0. The van der Waals surface area contributed by atoms with Crippen LogP contribution in [0.4, 0.5) is 4.39 Å². The number of sulfone groups is 1. The zero-order valence-corrected chi connectivity index (χ0v) is 19.7. The second kappa shape index (κ2) is 9.90. The van der Waals surface area contributed by atoms with Crippen LogP contribution in [0.25, 0.3) is 5.69 Å². The van der Waals surface area contributed by atoms with Gasteiger partial charge in [-0.2, -0.15) is 0 Å². The molecule has 1 amide bonds. The fourth-order valence-electron chi connectivity index (χ4n) is 3.78. The van der Waals surface area contributed by atoms with Crippen LogP contribution in [0.3, 0.4) is 0 Å². The molecule has 9 nitrogen and oxygen atoms in total. The summed E-state index contributed by atoms with van der Waals surface area (Å²) in [5.41, 5.74) is 1.55. The number of nitrogens with zero attached hydrogens (tertiary/aromatic N) is 4. The van der Waals surface area contributed by atoms with Crippen molar-refractivity contribution >= 4 is 15.7 Å². The van der Waals surface area contributed by atoms with Gasteiger partial charge in [0.15, 0.2) is 21.4 Å². The minimum Gasteiger partial charge on any atom is -0.494 e. The molecule has 0 spiro atoms. The number of likely N-dealkylation sites (tertiary alicyclic amines) is 1. The van der Waals surface area contributed by atoms with Gasteiger partial charge in [0.05, 0.1) is 36.6 Å². The number of halogens is 1. The summed E-state index contributed by atoms with van der Waals surface area (Å²) in [5, 5.41) is 8.19. The van der Waals surface area contributed by atoms with E-state index in [2.05, 4.69) is 10.3 Å². The number of carbonyl (C=O) groups excluding carboxylic acids is 1. The van der Waals surface area contributed by atoms with Crippen molar-refractivity contribution in [2.45, 2.75) is 30.4 Å². The average molecular weight is 489 g/mol. The van der Waals surface area contributed by atoms with Crippen LogP contribution in [0.15, 0.2) is 53.6 Å². The molecule has 2 heterocycles. The number of hydrogen-bond donors (Lipinski definition) is 0. The molecule has 1 aliphatic heterocycles. The second-order valence-electron chi connectivity index (χ2n) is 8.10. The van der Waals surface area contributed by atoms with Crippen molar-refractivity contribution in [3.8, 4) is 11.4 Å². The number of ether oxygens (including phenoxy) is 2. The van der Waals surface area contributed by atoms with Crippen molar-refractivity contribution in [2.24, 2.45) is 0 Å². The van der Waals surface area contributed by atoms with E-state index in [1.54, 1.807) is 34.0 Å². The molecule has 0 radical (unpaired) electrons. The monoisotopic (exact) mass is 488 g/mol. The molecule has 1 atom stereocenters. The van der Waals surface area contributed by atoms with Crippen molar-refractivity contribution in [3.63, 3.8) is 0 Å². The lowest BCUT2D eigenvalue weighted by molar-refractivity contribution is -0.00789. The van der Waals surface area contributed by atoms with Gasteiger partial charge in [0.1, 0.15) is 5.69 Å². The van der Waals surface area contributed by atoms with Gasteiger partial charge in [-0.3, -0.25) is 4.79 Å². The van der Waals surface area contributed by atoms with Crippen LogP contribution >= 0.6 is 0 Å². The molecule has 3 aromatic rings. The van der Waals surface area contributed by atoms with E-state index < -0.39 is 15.7 Å². The van der Waals surface area contributed by atoms with Crippen LogP contribution in [0.2, 0.25) is 0 Å². The quantitative estimate of drug-likeness (QED) is 0.504. The zero-order chi connectivity index (χ0) is 24.3. The molecule has 0 saturated carbocycles. The van der Waals surface area contributed by atoms with Gasteiger partial charge in [-0.1, -0.05) is 5.21 Å². The molecule has 0 N–H and O–H groups in total. The van der Waals surface area contributed by atoms with E-state index in [-0.39, 0.29) is 34.8 Å². The molecular formula is C23H25FN4O5S. The van der Waals surface area contributed by atoms with E-state index in [0.29, 0.717) is 24.5 Å². The Morgan fingerprint density at radius 2 is 1.97 bits per heavy atom. The average Bonchev–Trinajstić information content (AvgIpc) is 3.31. The van der Waals surface area contributed by atoms with Crippen molar-refractivity contribution in [1.82, 2.24) is 19.9 Å². The summed E-state index contributed by atoms with van der Waals surface area (Å²) in [6.45, 7) is 1.19. The lowest BCUT2D eigenvalue weighted by Crippen LogP contribution is -2.43. The fourth-order valence-corrected chi connectivity index (χ4v) is 4.41. The summed E-state index contributed by atoms with van der Waals surface area (Å²) < 4.78 is 49.6. The van der Waals surface area contributed by atoms with Crippen molar-refractivity contribution in [3.05, 3.63) is 65.7 Å². The number of methoxy groups -OCH3 is 1. The van der Waals surface area contributed by atoms with E-state index in [4.69, 9.17) is 9.47 Å². The van der Waals surface area contributed by atoms with Gasteiger partial charge in [-0.05, 0) is 55.3 Å². The molecule has 1 unspecified atom stereocenters. The largest absolute Gasteiger partial charge is 0.494 e. The van der Waals surface area contributed by atoms with E-state index in [0.717, 1.165) is 19.1 Å². The molecular weight excluding hydrogens is 463 g/mol. The number of aromatic nitrogens is 3. The lowest BCUT2D eigenvalue weighted by Gasteiger charge is -2.32. The molecule has 2 aromatic carbocycles. The highest BCUT2D eigenvalue weighted by atomic mass is 32.2. The van der Waals surface area contributed by atoms with Crippen LogP contribution < -0.4 is 4.74 Å². The van der Waals surface area contributed by atoms with Crippen LogP contribution in [0.1, 0.15) is 28.9 Å². The Hall–Kier alpha value is -3.31. The maximum absolute atomic E-state index is 14.0.